The zero-order chi connectivity index (χ0) is 9.68. The molecule has 0 radical (unpaired) electrons. The zero-order valence-electron chi connectivity index (χ0n) is 7.60. The van der Waals surface area contributed by atoms with Gasteiger partial charge in [0.25, 0.3) is 0 Å². The average Bonchev–Trinajstić information content (AvgIpc) is 2.51. The van der Waals surface area contributed by atoms with E-state index in [-0.39, 0.29) is 6.61 Å². The minimum Gasteiger partial charge on any atom is -0.395 e. The van der Waals surface area contributed by atoms with Crippen molar-refractivity contribution in [3.63, 3.8) is 0 Å². The minimum absolute atomic E-state index is 0.118. The third-order valence-electron chi connectivity index (χ3n) is 1.51. The van der Waals surface area contributed by atoms with Crippen LogP contribution in [0.4, 0.5) is 5.13 Å². The lowest BCUT2D eigenvalue weighted by atomic mass is 10.5. The summed E-state index contributed by atoms with van der Waals surface area (Å²) in [5, 5.41) is 9.65. The van der Waals surface area contributed by atoms with E-state index in [4.69, 9.17) is 5.11 Å². The molecule has 13 heavy (non-hydrogen) atoms. The maximum Gasteiger partial charge on any atom is 0.205 e. The van der Waals surface area contributed by atoms with Gasteiger partial charge >= 0.3 is 0 Å². The number of rotatable bonds is 5. The Labute approximate surface area is 81.7 Å². The minimum atomic E-state index is 0.118. The van der Waals surface area contributed by atoms with Crippen molar-refractivity contribution in [1.29, 1.82) is 0 Å². The molecule has 0 saturated heterocycles. The molecule has 0 atom stereocenters. The van der Waals surface area contributed by atoms with Gasteiger partial charge in [0.05, 0.1) is 6.61 Å². The van der Waals surface area contributed by atoms with Gasteiger partial charge in [0.1, 0.15) is 5.82 Å². The van der Waals surface area contributed by atoms with Gasteiger partial charge in [0, 0.05) is 24.6 Å². The van der Waals surface area contributed by atoms with Crippen molar-refractivity contribution in [2.24, 2.45) is 0 Å². The molecule has 72 valence electrons. The third-order valence-corrected chi connectivity index (χ3v) is 2.38. The van der Waals surface area contributed by atoms with Gasteiger partial charge in [0.2, 0.25) is 5.13 Å². The number of nitrogens with zero attached hydrogens (tertiary/aromatic N) is 3. The smallest absolute Gasteiger partial charge is 0.205 e. The van der Waals surface area contributed by atoms with E-state index in [0.717, 1.165) is 11.0 Å². The molecule has 4 nitrogen and oxygen atoms in total. The summed E-state index contributed by atoms with van der Waals surface area (Å²) in [6, 6.07) is 0. The number of aryl methyl sites for hydroxylation is 1. The van der Waals surface area contributed by atoms with Gasteiger partial charge in [-0.05, 0) is 6.92 Å². The maximum absolute atomic E-state index is 8.81. The zero-order valence-corrected chi connectivity index (χ0v) is 8.42. The van der Waals surface area contributed by atoms with Crippen LogP contribution < -0.4 is 4.90 Å². The molecule has 5 heteroatoms. The Morgan fingerprint density at radius 2 is 2.46 bits per heavy atom. The molecule has 0 aromatic carbocycles. The summed E-state index contributed by atoms with van der Waals surface area (Å²) in [5.74, 6) is 0.770. The summed E-state index contributed by atoms with van der Waals surface area (Å²) >= 11 is 1.34. The molecule has 1 heterocycles. The Kier molecular flexibility index (Phi) is 3.85. The van der Waals surface area contributed by atoms with Gasteiger partial charge in [-0.15, -0.1) is 6.58 Å². The monoisotopic (exact) mass is 199 g/mol. The van der Waals surface area contributed by atoms with E-state index in [0.29, 0.717) is 13.1 Å². The molecule has 0 spiro atoms. The Bertz CT molecular complexity index is 274. The van der Waals surface area contributed by atoms with Crippen LogP contribution in [0.25, 0.3) is 0 Å². The largest absolute Gasteiger partial charge is 0.395 e. The van der Waals surface area contributed by atoms with E-state index in [1.54, 1.807) is 6.08 Å². The number of aliphatic hydroxyl groups excluding tert-OH is 1. The fraction of sp³-hybridized carbons (Fsp3) is 0.500. The lowest BCUT2D eigenvalue weighted by Gasteiger charge is -2.17. The molecule has 0 aliphatic heterocycles. The van der Waals surface area contributed by atoms with Crippen molar-refractivity contribution in [3.05, 3.63) is 18.5 Å². The first-order valence-electron chi connectivity index (χ1n) is 4.05. The number of hydrogen-bond acceptors (Lipinski definition) is 5. The lowest BCUT2D eigenvalue weighted by molar-refractivity contribution is 0.303. The summed E-state index contributed by atoms with van der Waals surface area (Å²) in [6.45, 7) is 6.88. The van der Waals surface area contributed by atoms with Crippen LogP contribution in [0.1, 0.15) is 5.82 Å². The van der Waals surface area contributed by atoms with Crippen LogP contribution in [0.2, 0.25) is 0 Å². The highest BCUT2D eigenvalue weighted by molar-refractivity contribution is 7.09. The second-order valence-corrected chi connectivity index (χ2v) is 3.31. The van der Waals surface area contributed by atoms with E-state index in [1.165, 1.54) is 11.5 Å². The van der Waals surface area contributed by atoms with Crippen LogP contribution in [0.15, 0.2) is 12.7 Å². The van der Waals surface area contributed by atoms with Crippen molar-refractivity contribution in [2.75, 3.05) is 24.6 Å². The summed E-state index contributed by atoms with van der Waals surface area (Å²) in [4.78, 5) is 6.16. The first-order valence-corrected chi connectivity index (χ1v) is 4.82. The summed E-state index contributed by atoms with van der Waals surface area (Å²) in [7, 11) is 0. The molecule has 1 rings (SSSR count). The molecule has 0 bridgehead atoms. The highest BCUT2D eigenvalue weighted by Gasteiger charge is 2.08. The molecule has 0 amide bonds. The van der Waals surface area contributed by atoms with Crippen molar-refractivity contribution < 1.29 is 5.11 Å². The second-order valence-electron chi connectivity index (χ2n) is 2.58. The van der Waals surface area contributed by atoms with Crippen molar-refractivity contribution >= 4 is 16.7 Å². The molecule has 0 aliphatic carbocycles. The maximum atomic E-state index is 8.81. The SMILES string of the molecule is C=CCN(CCO)c1nc(C)ns1. The molecule has 0 fully saturated rings. The van der Waals surface area contributed by atoms with Crippen LogP contribution in [0, 0.1) is 6.92 Å². The highest BCUT2D eigenvalue weighted by Crippen LogP contribution is 2.15. The van der Waals surface area contributed by atoms with Gasteiger partial charge in [-0.1, -0.05) is 6.08 Å². The van der Waals surface area contributed by atoms with E-state index < -0.39 is 0 Å². The van der Waals surface area contributed by atoms with Crippen molar-refractivity contribution in [2.45, 2.75) is 6.92 Å². The Balaban J connectivity index is 2.68. The molecule has 0 saturated carbocycles. The fourth-order valence-corrected chi connectivity index (χ4v) is 1.66. The summed E-state index contributed by atoms with van der Waals surface area (Å²) in [6.07, 6.45) is 1.78. The third kappa shape index (κ3) is 2.78. The Hall–Kier alpha value is -0.940. The predicted octanol–water partition coefficient (Wildman–Crippen LogP) is 0.831. The van der Waals surface area contributed by atoms with Crippen LogP contribution in [-0.2, 0) is 0 Å². The Morgan fingerprint density at radius 1 is 1.69 bits per heavy atom. The number of hydrogen-bond donors (Lipinski definition) is 1. The first-order chi connectivity index (χ1) is 6.27. The molecular weight excluding hydrogens is 186 g/mol. The van der Waals surface area contributed by atoms with Gasteiger partial charge in [-0.2, -0.15) is 4.37 Å². The molecule has 1 aromatic rings. The standard InChI is InChI=1S/C8H13N3OS/c1-3-4-11(5-6-12)8-9-7(2)10-13-8/h3,12H,1,4-6H2,2H3. The number of aromatic nitrogens is 2. The molecular formula is C8H13N3OS. The fourth-order valence-electron chi connectivity index (χ4n) is 0.956. The van der Waals surface area contributed by atoms with E-state index >= 15 is 0 Å². The lowest BCUT2D eigenvalue weighted by Crippen LogP contribution is -2.26. The normalized spacial score (nSPS) is 10.0. The van der Waals surface area contributed by atoms with E-state index in [2.05, 4.69) is 15.9 Å². The van der Waals surface area contributed by atoms with Crippen LogP contribution >= 0.6 is 11.5 Å². The second kappa shape index (κ2) is 4.94. The predicted molar refractivity (Wildman–Crippen MR) is 54.1 cm³/mol. The van der Waals surface area contributed by atoms with E-state index in [9.17, 15) is 0 Å². The molecule has 1 aromatic heterocycles. The van der Waals surface area contributed by atoms with Crippen molar-refractivity contribution in [1.82, 2.24) is 9.36 Å². The van der Waals surface area contributed by atoms with Crippen molar-refractivity contribution in [3.8, 4) is 0 Å². The number of aliphatic hydroxyl groups is 1. The first kappa shape index (κ1) is 10.1. The van der Waals surface area contributed by atoms with Crippen LogP contribution in [0.5, 0.6) is 0 Å². The average molecular weight is 199 g/mol. The van der Waals surface area contributed by atoms with Gasteiger partial charge < -0.3 is 10.0 Å². The van der Waals surface area contributed by atoms with Crippen LogP contribution in [-0.4, -0.2) is 34.2 Å². The quantitative estimate of drug-likeness (QED) is 0.714. The number of anilines is 1. The highest BCUT2D eigenvalue weighted by atomic mass is 32.1. The summed E-state index contributed by atoms with van der Waals surface area (Å²) < 4.78 is 4.07. The van der Waals surface area contributed by atoms with Gasteiger partial charge in [-0.3, -0.25) is 0 Å². The van der Waals surface area contributed by atoms with Crippen LogP contribution in [0.3, 0.4) is 0 Å². The van der Waals surface area contributed by atoms with Gasteiger partial charge in [0.15, 0.2) is 0 Å². The topological polar surface area (TPSA) is 49.2 Å². The van der Waals surface area contributed by atoms with E-state index in [1.807, 2.05) is 11.8 Å². The molecule has 1 N–H and O–H groups in total. The molecule has 0 aliphatic rings. The van der Waals surface area contributed by atoms with Gasteiger partial charge in [-0.25, -0.2) is 4.98 Å². The summed E-state index contributed by atoms with van der Waals surface area (Å²) in [5.41, 5.74) is 0. The Morgan fingerprint density at radius 3 is 2.92 bits per heavy atom. The molecule has 0 unspecified atom stereocenters.